The molecule has 0 aromatic heterocycles. The van der Waals surface area contributed by atoms with Gasteiger partial charge in [-0.1, -0.05) is 35.9 Å². The number of nitro groups is 1. The Labute approximate surface area is 281 Å². The number of rotatable bonds is 11. The van der Waals surface area contributed by atoms with Gasteiger partial charge in [0.1, 0.15) is 17.8 Å². The number of carbonyl (C=O) groups is 5. The highest BCUT2D eigenvalue weighted by Crippen LogP contribution is 2.36. The zero-order chi connectivity index (χ0) is 35.3. The van der Waals surface area contributed by atoms with E-state index in [-0.39, 0.29) is 47.4 Å². The molecule has 1 aliphatic heterocycles. The van der Waals surface area contributed by atoms with Crippen LogP contribution in [-0.2, 0) is 30.5 Å². The lowest BCUT2D eigenvalue weighted by Crippen LogP contribution is -2.50. The van der Waals surface area contributed by atoms with E-state index in [1.807, 2.05) is 0 Å². The van der Waals surface area contributed by atoms with Gasteiger partial charge < -0.3 is 19.7 Å². The SMILES string of the molecule is CC(=O)OCC1(C)CN(c2ccccc2)N(C(=O)N(C)Cc2cc([N+](=O)[O-])ccc2OC(C(C)=O)C(=O)Nc2cc(C)ccc2Cl)C1=O. The molecular weight excluding hydrogens is 646 g/mol. The van der Waals surface area contributed by atoms with E-state index in [1.165, 1.54) is 25.0 Å². The molecule has 0 bridgehead atoms. The third kappa shape index (κ3) is 7.89. The monoisotopic (exact) mass is 679 g/mol. The van der Waals surface area contributed by atoms with Gasteiger partial charge in [-0.25, -0.2) is 4.79 Å². The highest BCUT2D eigenvalue weighted by Gasteiger charge is 2.52. The molecule has 3 aromatic rings. The number of ether oxygens (including phenoxy) is 2. The fraction of sp³-hybridized carbons (Fsp3) is 0.303. The van der Waals surface area contributed by atoms with Crippen LogP contribution in [0, 0.1) is 22.5 Å². The maximum absolute atomic E-state index is 14.0. The second kappa shape index (κ2) is 14.5. The van der Waals surface area contributed by atoms with Crippen LogP contribution >= 0.6 is 11.6 Å². The Kier molecular flexibility index (Phi) is 10.7. The molecule has 1 N–H and O–H groups in total. The average molecular weight is 680 g/mol. The molecule has 2 unspecified atom stereocenters. The first-order valence-corrected chi connectivity index (χ1v) is 15.1. The lowest BCUT2D eigenvalue weighted by atomic mass is 9.92. The summed E-state index contributed by atoms with van der Waals surface area (Å²) in [5.41, 5.74) is 0.0284. The molecule has 4 rings (SSSR count). The number of aryl methyl sites for hydroxylation is 1. The first-order chi connectivity index (χ1) is 22.6. The van der Waals surface area contributed by atoms with Crippen molar-refractivity contribution in [2.45, 2.75) is 40.3 Å². The van der Waals surface area contributed by atoms with E-state index in [0.29, 0.717) is 5.69 Å². The van der Waals surface area contributed by atoms with Gasteiger partial charge >= 0.3 is 12.0 Å². The molecule has 1 aliphatic rings. The van der Waals surface area contributed by atoms with Crippen molar-refractivity contribution in [3.63, 3.8) is 0 Å². The molecule has 48 heavy (non-hydrogen) atoms. The van der Waals surface area contributed by atoms with Crippen molar-refractivity contribution in [3.8, 4) is 5.75 Å². The van der Waals surface area contributed by atoms with Gasteiger partial charge in [0.15, 0.2) is 5.78 Å². The molecule has 3 aromatic carbocycles. The number of non-ortho nitro benzene ring substituents is 1. The number of nitrogens with zero attached hydrogens (tertiary/aromatic N) is 4. The van der Waals surface area contributed by atoms with Crippen LogP contribution in [0.5, 0.6) is 5.75 Å². The number of esters is 1. The highest BCUT2D eigenvalue weighted by atomic mass is 35.5. The number of urea groups is 1. The number of hydrazine groups is 1. The molecule has 14 nitrogen and oxygen atoms in total. The van der Waals surface area contributed by atoms with Crippen LogP contribution < -0.4 is 15.1 Å². The number of ketones is 1. The van der Waals surface area contributed by atoms with Gasteiger partial charge in [-0.3, -0.25) is 34.3 Å². The van der Waals surface area contributed by atoms with Crippen molar-refractivity contribution in [2.24, 2.45) is 5.41 Å². The third-order valence-electron chi connectivity index (χ3n) is 7.50. The summed E-state index contributed by atoms with van der Waals surface area (Å²) in [6.07, 6.45) is -1.68. The molecule has 0 spiro atoms. The summed E-state index contributed by atoms with van der Waals surface area (Å²) in [7, 11) is 1.37. The van der Waals surface area contributed by atoms with Crippen molar-refractivity contribution in [1.29, 1.82) is 0 Å². The molecule has 1 fully saturated rings. The number of imide groups is 1. The molecular formula is C33H34ClN5O9. The summed E-state index contributed by atoms with van der Waals surface area (Å²) in [5, 5.41) is 16.9. The van der Waals surface area contributed by atoms with Crippen molar-refractivity contribution >= 4 is 58.3 Å². The predicted molar refractivity (Wildman–Crippen MR) is 175 cm³/mol. The number of benzene rings is 3. The molecule has 1 saturated heterocycles. The summed E-state index contributed by atoms with van der Waals surface area (Å²) in [5.74, 6) is -2.81. The molecule has 2 atom stereocenters. The van der Waals surface area contributed by atoms with E-state index < -0.39 is 46.0 Å². The highest BCUT2D eigenvalue weighted by molar-refractivity contribution is 6.34. The second-order valence-corrected chi connectivity index (χ2v) is 12.0. The zero-order valence-corrected chi connectivity index (χ0v) is 27.6. The number of halogens is 1. The van der Waals surface area contributed by atoms with E-state index in [0.717, 1.165) is 34.5 Å². The van der Waals surface area contributed by atoms with Gasteiger partial charge in [0.25, 0.3) is 17.5 Å². The fourth-order valence-corrected chi connectivity index (χ4v) is 5.15. The van der Waals surface area contributed by atoms with E-state index >= 15 is 0 Å². The van der Waals surface area contributed by atoms with Crippen molar-refractivity contribution in [1.82, 2.24) is 9.91 Å². The van der Waals surface area contributed by atoms with Crippen LogP contribution in [-0.4, -0.2) is 70.7 Å². The van der Waals surface area contributed by atoms with Crippen LogP contribution in [0.1, 0.15) is 31.9 Å². The molecule has 1 heterocycles. The number of carbonyl (C=O) groups excluding carboxylic acids is 5. The van der Waals surface area contributed by atoms with Gasteiger partial charge in [-0.2, -0.15) is 5.01 Å². The minimum atomic E-state index is -1.68. The Morgan fingerprint density at radius 3 is 2.40 bits per heavy atom. The average Bonchev–Trinajstić information content (AvgIpc) is 3.30. The van der Waals surface area contributed by atoms with E-state index in [4.69, 9.17) is 21.1 Å². The van der Waals surface area contributed by atoms with Crippen molar-refractivity contribution in [3.05, 3.63) is 93.0 Å². The van der Waals surface area contributed by atoms with E-state index in [1.54, 1.807) is 62.4 Å². The van der Waals surface area contributed by atoms with Crippen LogP contribution in [0.2, 0.25) is 5.02 Å². The maximum Gasteiger partial charge on any atom is 0.346 e. The topological polar surface area (TPSA) is 169 Å². The van der Waals surface area contributed by atoms with Crippen LogP contribution in [0.4, 0.5) is 21.9 Å². The van der Waals surface area contributed by atoms with Gasteiger partial charge in [0.05, 0.1) is 34.4 Å². The lowest BCUT2D eigenvalue weighted by Gasteiger charge is -2.31. The fourth-order valence-electron chi connectivity index (χ4n) is 4.98. The van der Waals surface area contributed by atoms with E-state index in [2.05, 4.69) is 5.32 Å². The largest absolute Gasteiger partial charge is 0.472 e. The Bertz CT molecular complexity index is 1770. The number of nitrogens with one attached hydrogen (secondary N) is 1. The number of para-hydroxylation sites is 1. The maximum atomic E-state index is 14.0. The first-order valence-electron chi connectivity index (χ1n) is 14.7. The minimum Gasteiger partial charge on any atom is -0.472 e. The lowest BCUT2D eigenvalue weighted by molar-refractivity contribution is -0.385. The van der Waals surface area contributed by atoms with Crippen molar-refractivity contribution < 1.29 is 38.4 Å². The minimum absolute atomic E-state index is 0.00817. The molecule has 15 heteroatoms. The summed E-state index contributed by atoms with van der Waals surface area (Å²) < 4.78 is 11.0. The smallest absolute Gasteiger partial charge is 0.346 e. The van der Waals surface area contributed by atoms with Gasteiger partial charge in [0.2, 0.25) is 6.10 Å². The summed E-state index contributed by atoms with van der Waals surface area (Å²) in [6, 6.07) is 16.3. The number of hydrogen-bond donors (Lipinski definition) is 1. The third-order valence-corrected chi connectivity index (χ3v) is 7.83. The molecule has 252 valence electrons. The quantitative estimate of drug-likeness (QED) is 0.127. The molecule has 0 aliphatic carbocycles. The molecule has 0 radical (unpaired) electrons. The van der Waals surface area contributed by atoms with Crippen LogP contribution in [0.25, 0.3) is 0 Å². The number of hydrogen-bond acceptors (Lipinski definition) is 10. The Morgan fingerprint density at radius 1 is 1.08 bits per heavy atom. The first kappa shape index (κ1) is 35.4. The molecule has 0 saturated carbocycles. The Balaban J connectivity index is 1.64. The summed E-state index contributed by atoms with van der Waals surface area (Å²) in [6.45, 7) is 5.13. The zero-order valence-electron chi connectivity index (χ0n) is 26.9. The van der Waals surface area contributed by atoms with Crippen molar-refractivity contribution in [2.75, 3.05) is 30.5 Å². The summed E-state index contributed by atoms with van der Waals surface area (Å²) in [4.78, 5) is 77.3. The Morgan fingerprint density at radius 2 is 1.77 bits per heavy atom. The number of Topliss-reactive ketones (excluding diaryl/α,β-unsaturated/α-hetero) is 1. The normalized spacial score (nSPS) is 16.2. The number of nitro benzene ring substituents is 1. The van der Waals surface area contributed by atoms with Gasteiger partial charge in [-0.15, -0.1) is 0 Å². The number of anilines is 2. The molecule has 4 amide bonds. The Hall–Kier alpha value is -5.50. The van der Waals surface area contributed by atoms with Crippen LogP contribution in [0.3, 0.4) is 0 Å². The van der Waals surface area contributed by atoms with Crippen LogP contribution in [0.15, 0.2) is 66.7 Å². The number of amides is 4. The van der Waals surface area contributed by atoms with Gasteiger partial charge in [-0.05, 0) is 56.7 Å². The standard InChI is InChI=1S/C33H34ClN5O9/c1-20-11-13-26(34)27(15-20)35-30(42)29(21(2)40)48-28-14-12-25(39(45)46)16-23(28)17-36(5)32(44)38-31(43)33(4,19-47-22(3)41)18-37(38)24-9-7-6-8-10-24/h6-16,29H,17-19H2,1-5H3,(H,35,42). The van der Waals surface area contributed by atoms with E-state index in [9.17, 15) is 34.1 Å². The summed E-state index contributed by atoms with van der Waals surface area (Å²) >= 11 is 6.21. The predicted octanol–water partition coefficient (Wildman–Crippen LogP) is 4.92. The van der Waals surface area contributed by atoms with Gasteiger partial charge in [0, 0.05) is 31.7 Å². The second-order valence-electron chi connectivity index (χ2n) is 11.6.